The number of hydrogen-bond donors (Lipinski definition) is 5. The highest BCUT2D eigenvalue weighted by molar-refractivity contribution is 5.95. The first-order chi connectivity index (χ1) is 15.1. The normalized spacial score (nSPS) is 10.6. The van der Waals surface area contributed by atoms with Gasteiger partial charge in [0.15, 0.2) is 6.61 Å². The predicted molar refractivity (Wildman–Crippen MR) is 111 cm³/mol. The Balaban J connectivity index is 2.05. The van der Waals surface area contributed by atoms with E-state index in [0.717, 1.165) is 10.3 Å². The lowest BCUT2D eigenvalue weighted by molar-refractivity contribution is -0.140. The number of ether oxygens (including phenoxy) is 1. The maximum atomic E-state index is 11.2. The van der Waals surface area contributed by atoms with Crippen LogP contribution in [-0.2, 0) is 14.4 Å². The second kappa shape index (κ2) is 9.08. The molecule has 166 valence electrons. The van der Waals surface area contributed by atoms with Crippen molar-refractivity contribution in [3.63, 3.8) is 0 Å². The zero-order chi connectivity index (χ0) is 23.4. The number of nitrogens with one attached hydrogen (secondary N) is 1. The second-order valence-electron chi connectivity index (χ2n) is 6.80. The van der Waals surface area contributed by atoms with Crippen LogP contribution >= 0.6 is 0 Å². The lowest BCUT2D eigenvalue weighted by Gasteiger charge is -2.23. The SMILES string of the molecule is O=C(O)COc1cc(-c2cc3ccc(C(=O)O)cc3[nH]2)ccc1N(CC(=O)O)CC(=O)O. The third kappa shape index (κ3) is 5.14. The Labute approximate surface area is 180 Å². The van der Waals surface area contributed by atoms with E-state index in [0.29, 0.717) is 16.8 Å². The van der Waals surface area contributed by atoms with E-state index in [-0.39, 0.29) is 17.0 Å². The van der Waals surface area contributed by atoms with Gasteiger partial charge in [0, 0.05) is 22.2 Å². The number of aliphatic carboxylic acids is 3. The summed E-state index contributed by atoms with van der Waals surface area (Å²) in [4.78, 5) is 48.7. The number of rotatable bonds is 10. The first-order valence-corrected chi connectivity index (χ1v) is 9.17. The number of benzene rings is 2. The molecule has 0 fully saturated rings. The van der Waals surface area contributed by atoms with Crippen LogP contribution in [0.15, 0.2) is 42.5 Å². The van der Waals surface area contributed by atoms with Crippen molar-refractivity contribution in [2.75, 3.05) is 24.6 Å². The van der Waals surface area contributed by atoms with Gasteiger partial charge in [0.2, 0.25) is 0 Å². The predicted octanol–water partition coefficient (Wildman–Crippen LogP) is 1.97. The van der Waals surface area contributed by atoms with E-state index in [1.807, 2.05) is 0 Å². The Kier molecular flexibility index (Phi) is 6.29. The number of hydrogen-bond acceptors (Lipinski definition) is 6. The number of aromatic amines is 1. The van der Waals surface area contributed by atoms with Crippen LogP contribution in [0.4, 0.5) is 5.69 Å². The zero-order valence-electron chi connectivity index (χ0n) is 16.4. The van der Waals surface area contributed by atoms with Gasteiger partial charge in [-0.05, 0) is 30.3 Å². The zero-order valence-corrected chi connectivity index (χ0v) is 16.4. The Morgan fingerprint density at radius 2 is 1.53 bits per heavy atom. The van der Waals surface area contributed by atoms with Crippen molar-refractivity contribution >= 4 is 40.5 Å². The van der Waals surface area contributed by atoms with Crippen molar-refractivity contribution in [3.05, 3.63) is 48.0 Å². The summed E-state index contributed by atoms with van der Waals surface area (Å²) < 4.78 is 5.31. The van der Waals surface area contributed by atoms with Crippen molar-refractivity contribution in [3.8, 4) is 17.0 Å². The average molecular weight is 442 g/mol. The van der Waals surface area contributed by atoms with Gasteiger partial charge in [0.25, 0.3) is 0 Å². The van der Waals surface area contributed by atoms with Crippen LogP contribution in [0.1, 0.15) is 10.4 Å². The van der Waals surface area contributed by atoms with E-state index < -0.39 is 43.6 Å². The molecule has 1 aromatic heterocycles. The van der Waals surface area contributed by atoms with Crippen LogP contribution in [0.5, 0.6) is 5.75 Å². The Morgan fingerprint density at radius 1 is 0.844 bits per heavy atom. The quantitative estimate of drug-likeness (QED) is 0.312. The maximum Gasteiger partial charge on any atom is 0.341 e. The van der Waals surface area contributed by atoms with Crippen LogP contribution in [0.2, 0.25) is 0 Å². The van der Waals surface area contributed by atoms with E-state index in [9.17, 15) is 19.2 Å². The van der Waals surface area contributed by atoms with Crippen molar-refractivity contribution in [2.45, 2.75) is 0 Å². The molecule has 2 aromatic carbocycles. The van der Waals surface area contributed by atoms with Crippen LogP contribution in [0, 0.1) is 0 Å². The van der Waals surface area contributed by atoms with E-state index >= 15 is 0 Å². The van der Waals surface area contributed by atoms with Crippen LogP contribution in [-0.4, -0.2) is 69.0 Å². The summed E-state index contributed by atoms with van der Waals surface area (Å²) in [5.74, 6) is -4.91. The van der Waals surface area contributed by atoms with E-state index in [4.69, 9.17) is 25.2 Å². The van der Waals surface area contributed by atoms with Crippen LogP contribution in [0.3, 0.4) is 0 Å². The van der Waals surface area contributed by atoms with Gasteiger partial charge in [0.1, 0.15) is 18.8 Å². The first-order valence-electron chi connectivity index (χ1n) is 9.17. The minimum Gasteiger partial charge on any atom is -0.480 e. The van der Waals surface area contributed by atoms with Gasteiger partial charge < -0.3 is 35.0 Å². The molecule has 0 aliphatic heterocycles. The minimum atomic E-state index is -1.27. The molecule has 1 heterocycles. The molecule has 0 saturated heterocycles. The molecule has 3 aromatic rings. The van der Waals surface area contributed by atoms with Gasteiger partial charge in [-0.25, -0.2) is 9.59 Å². The minimum absolute atomic E-state index is 0.0164. The number of anilines is 1. The van der Waals surface area contributed by atoms with Crippen molar-refractivity contribution in [2.24, 2.45) is 0 Å². The van der Waals surface area contributed by atoms with Crippen LogP contribution in [0.25, 0.3) is 22.2 Å². The summed E-state index contributed by atoms with van der Waals surface area (Å²) in [6, 6.07) is 10.8. The van der Waals surface area contributed by atoms with Crippen molar-refractivity contribution < 1.29 is 44.3 Å². The van der Waals surface area contributed by atoms with Crippen molar-refractivity contribution in [1.29, 1.82) is 0 Å². The monoisotopic (exact) mass is 442 g/mol. The summed E-state index contributed by atoms with van der Waals surface area (Å²) in [6.07, 6.45) is 0. The first kappa shape index (κ1) is 22.2. The summed E-state index contributed by atoms with van der Waals surface area (Å²) >= 11 is 0. The summed E-state index contributed by atoms with van der Waals surface area (Å²) in [5.41, 5.74) is 1.87. The van der Waals surface area contributed by atoms with Crippen molar-refractivity contribution in [1.82, 2.24) is 4.98 Å². The third-order valence-corrected chi connectivity index (χ3v) is 4.48. The lowest BCUT2D eigenvalue weighted by atomic mass is 10.1. The Morgan fingerprint density at radius 3 is 2.12 bits per heavy atom. The molecule has 5 N–H and O–H groups in total. The fourth-order valence-electron chi connectivity index (χ4n) is 3.17. The summed E-state index contributed by atoms with van der Waals surface area (Å²) in [5, 5.41) is 37.1. The molecule has 0 unspecified atom stereocenters. The van der Waals surface area contributed by atoms with Gasteiger partial charge in [0.05, 0.1) is 11.3 Å². The molecule has 0 bridgehead atoms. The average Bonchev–Trinajstić information content (AvgIpc) is 3.14. The molecule has 3 rings (SSSR count). The number of nitrogens with zero attached hydrogens (tertiary/aromatic N) is 1. The molecule has 0 radical (unpaired) electrons. The van der Waals surface area contributed by atoms with Gasteiger partial charge in [-0.2, -0.15) is 0 Å². The van der Waals surface area contributed by atoms with Gasteiger partial charge >= 0.3 is 23.9 Å². The standard InChI is InChI=1S/C21H18N2O9/c24-18(25)8-23(9-19(26)27)16-4-3-12(7-17(16)32-10-20(28)29)14-5-11-1-2-13(21(30)31)6-15(11)22-14/h1-7,22H,8-10H2,(H,24,25)(H,26,27)(H,28,29)(H,30,31). The number of carboxylic acid groups (broad SMARTS) is 4. The fraction of sp³-hybridized carbons (Fsp3) is 0.143. The number of carbonyl (C=O) groups is 4. The topological polar surface area (TPSA) is 177 Å². The summed E-state index contributed by atoms with van der Waals surface area (Å²) in [6.45, 7) is -2.00. The van der Waals surface area contributed by atoms with Crippen LogP contribution < -0.4 is 9.64 Å². The van der Waals surface area contributed by atoms with E-state index in [1.54, 1.807) is 18.2 Å². The fourth-order valence-corrected chi connectivity index (χ4v) is 3.17. The Bertz CT molecular complexity index is 1200. The summed E-state index contributed by atoms with van der Waals surface area (Å²) in [7, 11) is 0. The molecule has 0 spiro atoms. The number of carboxylic acids is 4. The molecule has 0 aliphatic rings. The molecule has 32 heavy (non-hydrogen) atoms. The highest BCUT2D eigenvalue weighted by atomic mass is 16.5. The molecular weight excluding hydrogens is 424 g/mol. The highest BCUT2D eigenvalue weighted by Crippen LogP contribution is 2.34. The molecular formula is C21H18N2O9. The number of aromatic carboxylic acids is 1. The third-order valence-electron chi connectivity index (χ3n) is 4.48. The lowest BCUT2D eigenvalue weighted by Crippen LogP contribution is -2.34. The number of fused-ring (bicyclic) bond motifs is 1. The molecule has 0 amide bonds. The van der Waals surface area contributed by atoms with E-state index in [1.165, 1.54) is 24.3 Å². The smallest absolute Gasteiger partial charge is 0.341 e. The molecule has 0 aliphatic carbocycles. The largest absolute Gasteiger partial charge is 0.480 e. The Hall–Kier alpha value is -4.54. The molecule has 11 heteroatoms. The highest BCUT2D eigenvalue weighted by Gasteiger charge is 2.20. The second-order valence-corrected chi connectivity index (χ2v) is 6.80. The van der Waals surface area contributed by atoms with Gasteiger partial charge in [-0.15, -0.1) is 0 Å². The molecule has 0 atom stereocenters. The van der Waals surface area contributed by atoms with Gasteiger partial charge in [-0.3, -0.25) is 9.59 Å². The number of aromatic nitrogens is 1. The number of H-pyrrole nitrogens is 1. The van der Waals surface area contributed by atoms with Gasteiger partial charge in [-0.1, -0.05) is 12.1 Å². The van der Waals surface area contributed by atoms with E-state index in [2.05, 4.69) is 4.98 Å². The molecule has 0 saturated carbocycles. The molecule has 11 nitrogen and oxygen atoms in total. The maximum absolute atomic E-state index is 11.2.